The number of rotatable bonds is 4. The molecular formula is C18H20FN7O. The Morgan fingerprint density at radius 2 is 2.15 bits per heavy atom. The number of nitrogens with zero attached hydrogens (tertiary/aromatic N) is 5. The lowest BCUT2D eigenvalue weighted by atomic mass is 10.2. The van der Waals surface area contributed by atoms with E-state index in [2.05, 4.69) is 30.6 Å². The predicted molar refractivity (Wildman–Crippen MR) is 100 cm³/mol. The molecule has 1 fully saturated rings. The van der Waals surface area contributed by atoms with Crippen molar-refractivity contribution in [3.8, 4) is 0 Å². The molecule has 1 saturated heterocycles. The molecule has 3 aromatic rings. The van der Waals surface area contributed by atoms with Crippen LogP contribution >= 0.6 is 0 Å². The van der Waals surface area contributed by atoms with Gasteiger partial charge in [-0.25, -0.2) is 14.4 Å². The third kappa shape index (κ3) is 3.45. The number of aryl methyl sites for hydroxylation is 1. The highest BCUT2D eigenvalue weighted by Crippen LogP contribution is 2.22. The molecule has 1 amide bonds. The summed E-state index contributed by atoms with van der Waals surface area (Å²) < 4.78 is 15.7. The van der Waals surface area contributed by atoms with E-state index in [0.717, 1.165) is 25.3 Å². The van der Waals surface area contributed by atoms with E-state index in [0.29, 0.717) is 17.1 Å². The van der Waals surface area contributed by atoms with Gasteiger partial charge in [0.05, 0.1) is 12.4 Å². The number of anilines is 2. The Labute approximate surface area is 155 Å². The summed E-state index contributed by atoms with van der Waals surface area (Å²) in [5.41, 5.74) is 0.792. The van der Waals surface area contributed by atoms with Gasteiger partial charge in [0.25, 0.3) is 5.91 Å². The van der Waals surface area contributed by atoms with Crippen molar-refractivity contribution >= 4 is 28.3 Å². The van der Waals surface area contributed by atoms with Crippen LogP contribution in [0.1, 0.15) is 16.9 Å². The minimum atomic E-state index is -0.488. The molecule has 27 heavy (non-hydrogen) atoms. The first kappa shape index (κ1) is 17.3. The van der Waals surface area contributed by atoms with Crippen LogP contribution in [0.15, 0.2) is 30.7 Å². The van der Waals surface area contributed by atoms with Crippen molar-refractivity contribution in [2.45, 2.75) is 12.5 Å². The van der Waals surface area contributed by atoms with E-state index in [1.165, 1.54) is 16.9 Å². The molecule has 2 aromatic heterocycles. The average molecular weight is 369 g/mol. The van der Waals surface area contributed by atoms with Gasteiger partial charge in [-0.15, -0.1) is 0 Å². The number of carbonyl (C=O) groups excluding carboxylic acids is 1. The summed E-state index contributed by atoms with van der Waals surface area (Å²) in [4.78, 5) is 23.1. The van der Waals surface area contributed by atoms with E-state index >= 15 is 0 Å². The number of likely N-dealkylation sites (N-methyl/N-ethyl adjacent to an activating group) is 1. The molecule has 1 aliphatic heterocycles. The fourth-order valence-corrected chi connectivity index (χ4v) is 3.29. The van der Waals surface area contributed by atoms with Crippen LogP contribution in [0.5, 0.6) is 0 Å². The number of fused-ring (bicyclic) bond motifs is 1. The molecule has 1 aliphatic rings. The van der Waals surface area contributed by atoms with Crippen LogP contribution < -0.4 is 15.5 Å². The van der Waals surface area contributed by atoms with Crippen molar-refractivity contribution in [3.05, 3.63) is 42.2 Å². The summed E-state index contributed by atoms with van der Waals surface area (Å²) in [6.45, 7) is 1.76. The Hall–Kier alpha value is -3.07. The lowest BCUT2D eigenvalue weighted by Crippen LogP contribution is -2.30. The second kappa shape index (κ2) is 6.92. The minimum Gasteiger partial charge on any atom is -0.354 e. The molecule has 0 aliphatic carbocycles. The lowest BCUT2D eigenvalue weighted by molar-refractivity contribution is 0.102. The van der Waals surface area contributed by atoms with Gasteiger partial charge in [-0.3, -0.25) is 9.48 Å². The van der Waals surface area contributed by atoms with E-state index in [1.54, 1.807) is 25.5 Å². The molecule has 2 N–H and O–H groups in total. The topological polar surface area (TPSA) is 88.0 Å². The van der Waals surface area contributed by atoms with Crippen LogP contribution in [-0.2, 0) is 7.05 Å². The summed E-state index contributed by atoms with van der Waals surface area (Å²) in [5.74, 6) is -0.184. The van der Waals surface area contributed by atoms with Crippen molar-refractivity contribution < 1.29 is 9.18 Å². The van der Waals surface area contributed by atoms with Gasteiger partial charge in [0.1, 0.15) is 17.0 Å². The molecule has 0 radical (unpaired) electrons. The molecule has 8 nitrogen and oxygen atoms in total. The van der Waals surface area contributed by atoms with E-state index in [9.17, 15) is 9.18 Å². The number of benzene rings is 1. The largest absolute Gasteiger partial charge is 0.354 e. The Morgan fingerprint density at radius 1 is 1.30 bits per heavy atom. The van der Waals surface area contributed by atoms with Gasteiger partial charge in [0.2, 0.25) is 0 Å². The molecule has 1 atom stereocenters. The van der Waals surface area contributed by atoms with Gasteiger partial charge < -0.3 is 15.5 Å². The van der Waals surface area contributed by atoms with Crippen LogP contribution in [0.2, 0.25) is 0 Å². The molecule has 0 saturated carbocycles. The molecule has 1 unspecified atom stereocenters. The van der Waals surface area contributed by atoms with Gasteiger partial charge in [0.15, 0.2) is 5.82 Å². The monoisotopic (exact) mass is 369 g/mol. The molecule has 1 aromatic carbocycles. The number of halogens is 1. The maximum absolute atomic E-state index is 14.1. The number of hydrogen-bond acceptors (Lipinski definition) is 6. The number of carbonyl (C=O) groups is 1. The maximum Gasteiger partial charge on any atom is 0.275 e. The van der Waals surface area contributed by atoms with E-state index in [4.69, 9.17) is 0 Å². The Bertz CT molecular complexity index is 985. The first-order valence-electron chi connectivity index (χ1n) is 8.72. The highest BCUT2D eigenvalue weighted by molar-refractivity contribution is 6.03. The molecule has 3 heterocycles. The second-order valence-electron chi connectivity index (χ2n) is 6.63. The summed E-state index contributed by atoms with van der Waals surface area (Å²) in [6, 6.07) is 3.36. The fraction of sp³-hybridized carbons (Fsp3) is 0.333. The predicted octanol–water partition coefficient (Wildman–Crippen LogP) is 1.55. The van der Waals surface area contributed by atoms with Gasteiger partial charge in [0, 0.05) is 43.4 Å². The molecule has 140 valence electrons. The average Bonchev–Trinajstić information content (AvgIpc) is 3.28. The van der Waals surface area contributed by atoms with Crippen LogP contribution in [0.3, 0.4) is 0 Å². The number of amides is 1. The third-order valence-corrected chi connectivity index (χ3v) is 4.73. The van der Waals surface area contributed by atoms with Crippen molar-refractivity contribution in [2.75, 3.05) is 30.4 Å². The van der Waals surface area contributed by atoms with Crippen molar-refractivity contribution in [1.82, 2.24) is 25.1 Å². The molecule has 4 rings (SSSR count). The standard InChI is InChI=1S/C18H20FN7O/c1-20-12-3-4-26(10-12)16-8-21-15(7-22-16)18(27)23-13-5-11-9-25(2)24-17(11)14(19)6-13/h5-9,12,20H,3-4,10H2,1-2H3,(H,23,27). The summed E-state index contributed by atoms with van der Waals surface area (Å²) >= 11 is 0. The summed E-state index contributed by atoms with van der Waals surface area (Å²) in [6.07, 6.45) is 5.77. The first-order valence-corrected chi connectivity index (χ1v) is 8.72. The minimum absolute atomic E-state index is 0.176. The summed E-state index contributed by atoms with van der Waals surface area (Å²) in [5, 5.41) is 10.6. The Balaban J connectivity index is 1.48. The zero-order chi connectivity index (χ0) is 19.0. The maximum atomic E-state index is 14.1. The van der Waals surface area contributed by atoms with Gasteiger partial charge in [-0.2, -0.15) is 5.10 Å². The quantitative estimate of drug-likeness (QED) is 0.726. The van der Waals surface area contributed by atoms with E-state index in [1.807, 2.05) is 7.05 Å². The fourth-order valence-electron chi connectivity index (χ4n) is 3.29. The molecule has 9 heteroatoms. The molecule has 0 spiro atoms. The van der Waals surface area contributed by atoms with Crippen LogP contribution in [0, 0.1) is 5.82 Å². The van der Waals surface area contributed by atoms with Crippen molar-refractivity contribution in [2.24, 2.45) is 7.05 Å². The first-order chi connectivity index (χ1) is 13.0. The second-order valence-corrected chi connectivity index (χ2v) is 6.63. The van der Waals surface area contributed by atoms with Gasteiger partial charge in [-0.1, -0.05) is 0 Å². The van der Waals surface area contributed by atoms with Crippen LogP contribution in [0.4, 0.5) is 15.9 Å². The molecule has 0 bridgehead atoms. The van der Waals surface area contributed by atoms with Gasteiger partial charge in [-0.05, 0) is 25.6 Å². The normalized spacial score (nSPS) is 16.9. The zero-order valence-electron chi connectivity index (χ0n) is 15.1. The molecular weight excluding hydrogens is 349 g/mol. The SMILES string of the molecule is CNC1CCN(c2cnc(C(=O)Nc3cc(F)c4nn(C)cc4c3)cn2)C1. The lowest BCUT2D eigenvalue weighted by Gasteiger charge is -2.16. The third-order valence-electron chi connectivity index (χ3n) is 4.73. The van der Waals surface area contributed by atoms with Crippen molar-refractivity contribution in [1.29, 1.82) is 0 Å². The van der Waals surface area contributed by atoms with Gasteiger partial charge >= 0.3 is 0 Å². The Morgan fingerprint density at radius 3 is 2.85 bits per heavy atom. The zero-order valence-corrected chi connectivity index (χ0v) is 15.1. The van der Waals surface area contributed by atoms with Crippen molar-refractivity contribution in [3.63, 3.8) is 0 Å². The Kier molecular flexibility index (Phi) is 4.44. The number of nitrogens with one attached hydrogen (secondary N) is 2. The van der Waals surface area contributed by atoms with E-state index in [-0.39, 0.29) is 11.2 Å². The summed E-state index contributed by atoms with van der Waals surface area (Å²) in [7, 11) is 3.66. The smallest absolute Gasteiger partial charge is 0.275 e. The van der Waals surface area contributed by atoms with E-state index < -0.39 is 11.7 Å². The van der Waals surface area contributed by atoms with Crippen LogP contribution in [0.25, 0.3) is 10.9 Å². The number of hydrogen-bond donors (Lipinski definition) is 2. The highest BCUT2D eigenvalue weighted by atomic mass is 19.1. The number of aromatic nitrogens is 4. The highest BCUT2D eigenvalue weighted by Gasteiger charge is 2.22. The van der Waals surface area contributed by atoms with Crippen LogP contribution in [-0.4, -0.2) is 51.8 Å².